The predicted octanol–water partition coefficient (Wildman–Crippen LogP) is 4.77. The molecule has 0 amide bonds. The highest BCUT2D eigenvalue weighted by Crippen LogP contribution is 2.40. The molecule has 1 fully saturated rings. The van der Waals surface area contributed by atoms with Crippen LogP contribution in [0.1, 0.15) is 57.6 Å². The number of carbonyl (C=O) groups is 1. The zero-order chi connectivity index (χ0) is 30.3. The van der Waals surface area contributed by atoms with E-state index in [4.69, 9.17) is 22.0 Å². The molecule has 0 saturated carbocycles. The van der Waals surface area contributed by atoms with E-state index in [1.54, 1.807) is 35.3 Å². The summed E-state index contributed by atoms with van der Waals surface area (Å²) in [6, 6.07) is 7.82. The molecule has 2 heterocycles. The van der Waals surface area contributed by atoms with E-state index in [0.29, 0.717) is 23.4 Å². The lowest BCUT2D eigenvalue weighted by Gasteiger charge is -2.27. The molecule has 9 nitrogen and oxygen atoms in total. The van der Waals surface area contributed by atoms with E-state index in [0.717, 1.165) is 60.8 Å². The Morgan fingerprint density at radius 3 is 2.39 bits per heavy atom. The van der Waals surface area contributed by atoms with Crippen molar-refractivity contribution in [1.29, 1.82) is 0 Å². The van der Waals surface area contributed by atoms with Crippen LogP contribution in [0, 0.1) is 13.8 Å². The smallest absolute Gasteiger partial charge is 0.420 e. The third kappa shape index (κ3) is 8.01. The van der Waals surface area contributed by atoms with E-state index < -0.39 is 11.7 Å². The van der Waals surface area contributed by atoms with Crippen LogP contribution in [0.4, 0.5) is 24.5 Å². The number of hydrogen-bond acceptors (Lipinski definition) is 8. The van der Waals surface area contributed by atoms with E-state index in [1.165, 1.54) is 18.5 Å². The summed E-state index contributed by atoms with van der Waals surface area (Å²) in [6.07, 6.45) is 2.99. The van der Waals surface area contributed by atoms with Gasteiger partial charge in [0.2, 0.25) is 0 Å². The highest BCUT2D eigenvalue weighted by atomic mass is 19.4. The SMILES string of the molecule is COc1c(CN2CCCCC2)cc(N)cc1C(F)(F)F.Cc1ccc(C=O)cc1N(N)/C=C(\N)c1cnn(C)c1C. The average molecular weight is 574 g/mol. The number of benzene rings is 2. The van der Waals surface area contributed by atoms with E-state index in [2.05, 4.69) is 10.00 Å². The third-order valence-electron chi connectivity index (χ3n) is 7.01. The molecular formula is C29H38F3N7O2. The van der Waals surface area contributed by atoms with Gasteiger partial charge in [-0.2, -0.15) is 18.3 Å². The van der Waals surface area contributed by atoms with E-state index in [1.807, 2.05) is 27.0 Å². The van der Waals surface area contributed by atoms with Crippen molar-refractivity contribution in [3.8, 4) is 5.75 Å². The van der Waals surface area contributed by atoms with Crippen molar-refractivity contribution < 1.29 is 22.7 Å². The maximum Gasteiger partial charge on any atom is 0.420 e. The molecular weight excluding hydrogens is 535 g/mol. The second kappa shape index (κ2) is 13.6. The number of hydrogen-bond donors (Lipinski definition) is 3. The van der Waals surface area contributed by atoms with Crippen LogP contribution in [0.15, 0.2) is 42.7 Å². The fraction of sp³-hybridized carbons (Fsp3) is 0.379. The minimum atomic E-state index is -4.46. The van der Waals surface area contributed by atoms with Gasteiger partial charge >= 0.3 is 6.18 Å². The molecule has 0 bridgehead atoms. The fourth-order valence-corrected chi connectivity index (χ4v) is 4.69. The molecule has 0 unspecified atom stereocenters. The molecule has 0 aliphatic carbocycles. The Balaban J connectivity index is 0.000000226. The lowest BCUT2D eigenvalue weighted by Crippen LogP contribution is -2.29. The maximum atomic E-state index is 13.0. The summed E-state index contributed by atoms with van der Waals surface area (Å²) in [5.41, 5.74) is 16.1. The first kappa shape index (κ1) is 31.5. The summed E-state index contributed by atoms with van der Waals surface area (Å²) >= 11 is 0. The summed E-state index contributed by atoms with van der Waals surface area (Å²) in [6.45, 7) is 6.10. The van der Waals surface area contributed by atoms with Gasteiger partial charge in [0.1, 0.15) is 12.0 Å². The largest absolute Gasteiger partial charge is 0.496 e. The highest BCUT2D eigenvalue weighted by molar-refractivity contribution is 5.78. The van der Waals surface area contributed by atoms with Crippen molar-refractivity contribution in [2.24, 2.45) is 18.6 Å². The van der Waals surface area contributed by atoms with Crippen LogP contribution in [0.3, 0.4) is 0 Å². The number of anilines is 2. The minimum absolute atomic E-state index is 0.114. The van der Waals surface area contributed by atoms with Gasteiger partial charge in [0.25, 0.3) is 0 Å². The number of aryl methyl sites for hydroxylation is 2. The standard InChI is InChI=1S/C15H19N5O.C14H19F3N2O/c1-10-4-5-12(9-21)6-15(10)20(17)8-14(16)13-7-18-19(3)11(13)2;1-20-13-10(9-19-5-3-2-4-6-19)7-11(18)8-12(13)14(15,16)17/h4-9H,16-17H2,1-3H3;7-8H,2-6,9,18H2,1H3/b14-8-;. The molecule has 1 saturated heterocycles. The van der Waals surface area contributed by atoms with Crippen molar-refractivity contribution in [1.82, 2.24) is 14.7 Å². The number of rotatable bonds is 7. The Hall–Kier alpha value is -4.03. The van der Waals surface area contributed by atoms with Crippen molar-refractivity contribution >= 4 is 23.4 Å². The maximum absolute atomic E-state index is 13.0. The number of piperidine rings is 1. The van der Waals surface area contributed by atoms with Gasteiger partial charge in [-0.05, 0) is 63.5 Å². The second-order valence-electron chi connectivity index (χ2n) is 10.0. The number of nitrogens with two attached hydrogens (primary N) is 3. The monoisotopic (exact) mass is 573 g/mol. The van der Waals surface area contributed by atoms with E-state index in [9.17, 15) is 18.0 Å². The molecule has 4 rings (SSSR count). The van der Waals surface area contributed by atoms with Crippen molar-refractivity contribution in [2.45, 2.75) is 45.8 Å². The van der Waals surface area contributed by atoms with E-state index >= 15 is 0 Å². The van der Waals surface area contributed by atoms with Crippen LogP contribution >= 0.6 is 0 Å². The molecule has 0 radical (unpaired) electrons. The summed E-state index contributed by atoms with van der Waals surface area (Å²) in [5.74, 6) is 5.93. The Bertz CT molecular complexity index is 1380. The van der Waals surface area contributed by atoms with E-state index in [-0.39, 0.29) is 11.4 Å². The molecule has 3 aromatic rings. The lowest BCUT2D eigenvalue weighted by atomic mass is 10.0. The first-order valence-electron chi connectivity index (χ1n) is 13.2. The summed E-state index contributed by atoms with van der Waals surface area (Å²) in [4.78, 5) is 13.0. The van der Waals surface area contributed by atoms with Crippen molar-refractivity contribution in [3.63, 3.8) is 0 Å². The Morgan fingerprint density at radius 1 is 1.15 bits per heavy atom. The molecule has 1 aliphatic rings. The quantitative estimate of drug-likeness (QED) is 0.160. The molecule has 1 aromatic heterocycles. The normalized spacial score (nSPS) is 14.3. The van der Waals surface area contributed by atoms with Crippen molar-refractivity contribution in [3.05, 3.63) is 76.2 Å². The number of methoxy groups -OCH3 is 1. The Kier molecular flexibility index (Phi) is 10.4. The molecule has 1 aliphatic heterocycles. The van der Waals surface area contributed by atoms with Gasteiger partial charge in [-0.3, -0.25) is 19.4 Å². The number of carbonyl (C=O) groups excluding carboxylic acids is 1. The predicted molar refractivity (Wildman–Crippen MR) is 155 cm³/mol. The Labute approximate surface area is 238 Å². The summed E-state index contributed by atoms with van der Waals surface area (Å²) in [7, 11) is 3.12. The lowest BCUT2D eigenvalue weighted by molar-refractivity contribution is -0.138. The van der Waals surface area contributed by atoms with Crippen LogP contribution in [-0.2, 0) is 19.8 Å². The fourth-order valence-electron chi connectivity index (χ4n) is 4.69. The van der Waals surface area contributed by atoms with Gasteiger partial charge in [0, 0.05) is 47.9 Å². The van der Waals surface area contributed by atoms with Crippen LogP contribution in [0.2, 0.25) is 0 Å². The zero-order valence-electron chi connectivity index (χ0n) is 23.8. The number of nitrogens with zero attached hydrogens (tertiary/aromatic N) is 4. The molecule has 0 spiro atoms. The molecule has 12 heteroatoms. The number of ether oxygens (including phenoxy) is 1. The second-order valence-corrected chi connectivity index (χ2v) is 10.0. The number of nitrogen functional groups attached to an aromatic ring is 1. The number of halogens is 3. The molecule has 6 N–H and O–H groups in total. The van der Waals surface area contributed by atoms with Crippen LogP contribution in [0.25, 0.3) is 5.70 Å². The summed E-state index contributed by atoms with van der Waals surface area (Å²) < 4.78 is 45.8. The number of hydrazine groups is 1. The topological polar surface area (TPSA) is 129 Å². The minimum Gasteiger partial charge on any atom is -0.496 e. The number of aldehydes is 1. The highest BCUT2D eigenvalue weighted by Gasteiger charge is 2.36. The van der Waals surface area contributed by atoms with Gasteiger partial charge in [-0.15, -0.1) is 0 Å². The van der Waals surface area contributed by atoms with Crippen molar-refractivity contribution in [2.75, 3.05) is 30.9 Å². The average Bonchev–Trinajstić information content (AvgIpc) is 3.27. The number of alkyl halides is 3. The number of likely N-dealkylation sites (tertiary alicyclic amines) is 1. The van der Waals surface area contributed by atoms with Gasteiger partial charge in [-0.1, -0.05) is 18.6 Å². The number of aromatic nitrogens is 2. The Morgan fingerprint density at radius 2 is 1.83 bits per heavy atom. The van der Waals surface area contributed by atoms with Crippen LogP contribution in [0.5, 0.6) is 5.75 Å². The molecule has 2 aromatic carbocycles. The molecule has 0 atom stereocenters. The van der Waals surface area contributed by atoms with Gasteiger partial charge in [0.15, 0.2) is 0 Å². The molecule has 222 valence electrons. The third-order valence-corrected chi connectivity index (χ3v) is 7.01. The summed E-state index contributed by atoms with van der Waals surface area (Å²) in [5, 5.41) is 5.57. The van der Waals surface area contributed by atoms with Gasteiger partial charge in [-0.25, -0.2) is 5.84 Å². The zero-order valence-corrected chi connectivity index (χ0v) is 23.8. The van der Waals surface area contributed by atoms with Gasteiger partial charge < -0.3 is 16.2 Å². The van der Waals surface area contributed by atoms with Crippen LogP contribution in [-0.4, -0.2) is 41.2 Å². The first-order valence-corrected chi connectivity index (χ1v) is 13.2. The first-order chi connectivity index (χ1) is 19.3. The molecule has 41 heavy (non-hydrogen) atoms. The van der Waals surface area contributed by atoms with Crippen LogP contribution < -0.4 is 27.1 Å². The van der Waals surface area contributed by atoms with Gasteiger partial charge in [0.05, 0.1) is 30.3 Å².